The predicted molar refractivity (Wildman–Crippen MR) is 62.5 cm³/mol. The van der Waals surface area contributed by atoms with E-state index in [0.29, 0.717) is 6.07 Å². The minimum absolute atomic E-state index is 0. The first-order valence-electron chi connectivity index (χ1n) is 5.49. The van der Waals surface area contributed by atoms with Crippen LogP contribution in [-0.4, -0.2) is 0 Å². The van der Waals surface area contributed by atoms with E-state index in [2.05, 4.69) is 0 Å². The average molecular weight is 266 g/mol. The van der Waals surface area contributed by atoms with Crippen molar-refractivity contribution < 1.29 is 13.2 Å². The molecule has 5 heteroatoms. The van der Waals surface area contributed by atoms with Crippen LogP contribution in [0.1, 0.15) is 37.3 Å². The Morgan fingerprint density at radius 3 is 2.29 bits per heavy atom. The lowest BCUT2D eigenvalue weighted by Gasteiger charge is -2.19. The molecule has 1 aliphatic carbocycles. The maximum absolute atomic E-state index is 13.5. The predicted octanol–water partition coefficient (Wildman–Crippen LogP) is 3.72. The molecular formula is C12H15ClF3N. The largest absolute Gasteiger partial charge is 0.324 e. The van der Waals surface area contributed by atoms with Gasteiger partial charge in [0.1, 0.15) is 5.82 Å². The molecule has 0 unspecified atom stereocenters. The molecule has 0 heterocycles. The highest BCUT2D eigenvalue weighted by atomic mass is 35.5. The van der Waals surface area contributed by atoms with E-state index in [9.17, 15) is 13.2 Å². The van der Waals surface area contributed by atoms with Gasteiger partial charge >= 0.3 is 0 Å². The van der Waals surface area contributed by atoms with Crippen LogP contribution in [0.4, 0.5) is 13.2 Å². The summed E-state index contributed by atoms with van der Waals surface area (Å²) in [6, 6.07) is 0.939. The van der Waals surface area contributed by atoms with Crippen molar-refractivity contribution in [3.05, 3.63) is 35.1 Å². The monoisotopic (exact) mass is 265 g/mol. The van der Waals surface area contributed by atoms with Gasteiger partial charge in [0.2, 0.25) is 0 Å². The number of rotatable bonds is 2. The number of benzene rings is 1. The Morgan fingerprint density at radius 2 is 1.71 bits per heavy atom. The first-order valence-corrected chi connectivity index (χ1v) is 5.49. The van der Waals surface area contributed by atoms with Gasteiger partial charge in [0.25, 0.3) is 0 Å². The van der Waals surface area contributed by atoms with Crippen molar-refractivity contribution in [1.82, 2.24) is 0 Å². The van der Waals surface area contributed by atoms with E-state index in [1.807, 2.05) is 0 Å². The molecule has 1 aliphatic rings. The molecule has 1 saturated carbocycles. The standard InChI is InChI=1S/C12H14F3N.ClH/c13-8-5-9(11(15)10(14)6-8)12(16)7-3-1-2-4-7;/h5-7,12H,1-4,16H2;1H/t12-;/m0./s1. The van der Waals surface area contributed by atoms with Crippen LogP contribution in [0.25, 0.3) is 0 Å². The van der Waals surface area contributed by atoms with Crippen molar-refractivity contribution in [2.24, 2.45) is 11.7 Å². The van der Waals surface area contributed by atoms with Crippen LogP contribution >= 0.6 is 12.4 Å². The first kappa shape index (κ1) is 14.3. The number of hydrogen-bond donors (Lipinski definition) is 1. The highest BCUT2D eigenvalue weighted by Crippen LogP contribution is 2.35. The summed E-state index contributed by atoms with van der Waals surface area (Å²) in [6.07, 6.45) is 3.91. The van der Waals surface area contributed by atoms with Gasteiger partial charge in [-0.05, 0) is 24.8 Å². The maximum atomic E-state index is 13.5. The molecular weight excluding hydrogens is 251 g/mol. The minimum Gasteiger partial charge on any atom is -0.324 e. The quantitative estimate of drug-likeness (QED) is 0.811. The first-order chi connectivity index (χ1) is 7.59. The molecule has 2 rings (SSSR count). The summed E-state index contributed by atoms with van der Waals surface area (Å²) in [5.41, 5.74) is 5.83. The molecule has 1 fully saturated rings. The van der Waals surface area contributed by atoms with Crippen molar-refractivity contribution in [2.45, 2.75) is 31.7 Å². The lowest BCUT2D eigenvalue weighted by atomic mass is 9.92. The summed E-state index contributed by atoms with van der Waals surface area (Å²) in [7, 11) is 0. The molecule has 96 valence electrons. The summed E-state index contributed by atoms with van der Waals surface area (Å²) in [6.45, 7) is 0. The molecule has 0 saturated heterocycles. The Bertz CT molecular complexity index is 392. The van der Waals surface area contributed by atoms with Gasteiger partial charge < -0.3 is 5.73 Å². The second-order valence-electron chi connectivity index (χ2n) is 4.36. The molecule has 0 aliphatic heterocycles. The highest BCUT2D eigenvalue weighted by molar-refractivity contribution is 5.85. The van der Waals surface area contributed by atoms with Gasteiger partial charge in [-0.3, -0.25) is 0 Å². The fourth-order valence-corrected chi connectivity index (χ4v) is 2.39. The molecule has 17 heavy (non-hydrogen) atoms. The van der Waals surface area contributed by atoms with Crippen LogP contribution in [0, 0.1) is 23.4 Å². The Morgan fingerprint density at radius 1 is 1.12 bits per heavy atom. The van der Waals surface area contributed by atoms with Crippen LogP contribution < -0.4 is 5.73 Å². The lowest BCUT2D eigenvalue weighted by molar-refractivity contribution is 0.410. The summed E-state index contributed by atoms with van der Waals surface area (Å²) >= 11 is 0. The molecule has 1 aromatic rings. The zero-order valence-corrected chi connectivity index (χ0v) is 10.1. The Hall–Kier alpha value is -0.740. The van der Waals surface area contributed by atoms with Gasteiger partial charge in [-0.2, -0.15) is 0 Å². The van der Waals surface area contributed by atoms with Crippen LogP contribution in [0.2, 0.25) is 0 Å². The van der Waals surface area contributed by atoms with E-state index in [1.54, 1.807) is 0 Å². The van der Waals surface area contributed by atoms with Crippen molar-refractivity contribution in [2.75, 3.05) is 0 Å². The van der Waals surface area contributed by atoms with E-state index in [1.165, 1.54) is 0 Å². The molecule has 0 radical (unpaired) electrons. The van der Waals surface area contributed by atoms with Gasteiger partial charge in [0.15, 0.2) is 11.6 Å². The van der Waals surface area contributed by atoms with Gasteiger partial charge in [0.05, 0.1) is 0 Å². The van der Waals surface area contributed by atoms with Crippen molar-refractivity contribution in [3.8, 4) is 0 Å². The molecule has 0 aromatic heterocycles. The molecule has 1 atom stereocenters. The number of hydrogen-bond acceptors (Lipinski definition) is 1. The van der Waals surface area contributed by atoms with Crippen LogP contribution in [0.15, 0.2) is 12.1 Å². The van der Waals surface area contributed by atoms with Gasteiger partial charge in [0, 0.05) is 17.7 Å². The maximum Gasteiger partial charge on any atom is 0.163 e. The van der Waals surface area contributed by atoms with Gasteiger partial charge in [-0.15, -0.1) is 12.4 Å². The van der Waals surface area contributed by atoms with Crippen molar-refractivity contribution in [1.29, 1.82) is 0 Å². The normalized spacial score (nSPS) is 17.9. The highest BCUT2D eigenvalue weighted by Gasteiger charge is 2.26. The van der Waals surface area contributed by atoms with Gasteiger partial charge in [-0.25, -0.2) is 13.2 Å². The van der Waals surface area contributed by atoms with E-state index in [-0.39, 0.29) is 23.9 Å². The number of halogens is 4. The summed E-state index contributed by atoms with van der Waals surface area (Å²) in [5, 5.41) is 0. The third kappa shape index (κ3) is 2.93. The SMILES string of the molecule is Cl.N[C@H](c1cc(F)cc(F)c1F)C1CCCC1. The molecule has 0 amide bonds. The average Bonchev–Trinajstić information content (AvgIpc) is 2.75. The van der Waals surface area contributed by atoms with E-state index in [4.69, 9.17) is 5.73 Å². The molecule has 0 bridgehead atoms. The fourth-order valence-electron chi connectivity index (χ4n) is 2.39. The summed E-state index contributed by atoms with van der Waals surface area (Å²) < 4.78 is 39.5. The van der Waals surface area contributed by atoms with Gasteiger partial charge in [-0.1, -0.05) is 12.8 Å². The Balaban J connectivity index is 0.00000144. The lowest BCUT2D eigenvalue weighted by Crippen LogP contribution is -2.21. The minimum atomic E-state index is -1.16. The topological polar surface area (TPSA) is 26.0 Å². The molecule has 1 nitrogen and oxygen atoms in total. The summed E-state index contributed by atoms with van der Waals surface area (Å²) in [4.78, 5) is 0. The van der Waals surface area contributed by atoms with E-state index >= 15 is 0 Å². The smallest absolute Gasteiger partial charge is 0.163 e. The summed E-state index contributed by atoms with van der Waals surface area (Å²) in [5.74, 6) is -2.82. The zero-order chi connectivity index (χ0) is 11.7. The van der Waals surface area contributed by atoms with E-state index in [0.717, 1.165) is 31.7 Å². The zero-order valence-electron chi connectivity index (χ0n) is 9.26. The molecule has 2 N–H and O–H groups in total. The van der Waals surface area contributed by atoms with Crippen LogP contribution in [0.3, 0.4) is 0 Å². The van der Waals surface area contributed by atoms with Crippen molar-refractivity contribution >= 4 is 12.4 Å². The fraction of sp³-hybridized carbons (Fsp3) is 0.500. The van der Waals surface area contributed by atoms with E-state index < -0.39 is 23.5 Å². The molecule has 0 spiro atoms. The molecule has 1 aromatic carbocycles. The van der Waals surface area contributed by atoms with Crippen molar-refractivity contribution in [3.63, 3.8) is 0 Å². The third-order valence-corrected chi connectivity index (χ3v) is 3.29. The second-order valence-corrected chi connectivity index (χ2v) is 4.36. The van der Waals surface area contributed by atoms with Crippen LogP contribution in [0.5, 0.6) is 0 Å². The Labute approximate surface area is 105 Å². The number of nitrogens with two attached hydrogens (primary N) is 1. The second kappa shape index (κ2) is 5.74. The van der Waals surface area contributed by atoms with Crippen LogP contribution in [-0.2, 0) is 0 Å². The third-order valence-electron chi connectivity index (χ3n) is 3.29. The Kier molecular flexibility index (Phi) is 4.83.